The van der Waals surface area contributed by atoms with Gasteiger partial charge in [0.1, 0.15) is 0 Å². The zero-order chi connectivity index (χ0) is 15.2. The van der Waals surface area contributed by atoms with E-state index >= 15 is 0 Å². The largest absolute Gasteiger partial charge is 0.464 e. The number of carbonyl (C=O) groups is 3. The van der Waals surface area contributed by atoms with E-state index in [1.165, 1.54) is 20.8 Å². The highest BCUT2D eigenvalue weighted by atomic mass is 16.5. The third kappa shape index (κ3) is 3.88. The van der Waals surface area contributed by atoms with Gasteiger partial charge in [0.2, 0.25) is 0 Å². The van der Waals surface area contributed by atoms with Crippen LogP contribution in [0, 0.1) is 0 Å². The number of hydrogen-bond donors (Lipinski definition) is 3. The molecule has 3 N–H and O–H groups in total. The summed E-state index contributed by atoms with van der Waals surface area (Å²) in [4.78, 5) is 33.3. The van der Waals surface area contributed by atoms with Crippen molar-refractivity contribution >= 4 is 18.3 Å². The molecule has 0 aromatic rings. The molecule has 0 unspecified atom stereocenters. The molecule has 0 rings (SSSR count). The molecule has 0 fully saturated rings. The molecule has 0 aliphatic rings. The Bertz CT molecular complexity index is 297. The average Bonchev–Trinajstić information content (AvgIpc) is 2.29. The standard InChI is InChI=1S/C9H18N4O6/c1-4-10(7(14)15)13(11(5-2)8(16)17)12(6-3)9(18)19/h4-6H2,1-3H3,(H,14,15)(H,16,17)(H,18,19). The highest BCUT2D eigenvalue weighted by Crippen LogP contribution is 2.10. The summed E-state index contributed by atoms with van der Waals surface area (Å²) in [5.41, 5.74) is 0. The van der Waals surface area contributed by atoms with Crippen LogP contribution < -0.4 is 0 Å². The van der Waals surface area contributed by atoms with Crippen molar-refractivity contribution in [3.05, 3.63) is 0 Å². The quantitative estimate of drug-likeness (QED) is 0.619. The molecule has 3 amide bonds. The normalized spacial score (nSPS) is 10.1. The van der Waals surface area contributed by atoms with Crippen LogP contribution in [0.1, 0.15) is 20.8 Å². The van der Waals surface area contributed by atoms with E-state index in [0.29, 0.717) is 20.3 Å². The fraction of sp³-hybridized carbons (Fsp3) is 0.667. The van der Waals surface area contributed by atoms with Gasteiger partial charge in [0, 0.05) is 19.6 Å². The molecule has 0 aliphatic carbocycles. The lowest BCUT2D eigenvalue weighted by Crippen LogP contribution is -2.65. The molecule has 0 saturated heterocycles. The Hall–Kier alpha value is -2.23. The van der Waals surface area contributed by atoms with Crippen molar-refractivity contribution in [3.8, 4) is 0 Å². The summed E-state index contributed by atoms with van der Waals surface area (Å²) in [6, 6.07) is 0. The number of amides is 3. The molecule has 0 aromatic carbocycles. The number of carboxylic acid groups (broad SMARTS) is 3. The summed E-state index contributed by atoms with van der Waals surface area (Å²) in [5.74, 6) is 0. The highest BCUT2D eigenvalue weighted by Gasteiger charge is 2.35. The molecule has 0 radical (unpaired) electrons. The molecule has 0 aliphatic heterocycles. The van der Waals surface area contributed by atoms with Crippen molar-refractivity contribution in [2.45, 2.75) is 20.8 Å². The second-order valence-electron chi connectivity index (χ2n) is 3.26. The Morgan fingerprint density at radius 3 is 1.00 bits per heavy atom. The number of rotatable bonds is 6. The predicted octanol–water partition coefficient (Wildman–Crippen LogP) is 1.03. The Balaban J connectivity index is 5.62. The lowest BCUT2D eigenvalue weighted by Gasteiger charge is -2.42. The first-order valence-electron chi connectivity index (χ1n) is 5.62. The second kappa shape index (κ2) is 7.26. The summed E-state index contributed by atoms with van der Waals surface area (Å²) < 4.78 is 0. The molecule has 110 valence electrons. The van der Waals surface area contributed by atoms with Crippen LogP contribution in [0.3, 0.4) is 0 Å². The van der Waals surface area contributed by atoms with Crippen molar-refractivity contribution in [1.82, 2.24) is 20.3 Å². The van der Waals surface area contributed by atoms with Gasteiger partial charge in [-0.25, -0.2) is 29.4 Å². The van der Waals surface area contributed by atoms with E-state index in [9.17, 15) is 14.4 Å². The predicted molar refractivity (Wildman–Crippen MR) is 63.1 cm³/mol. The molecule has 0 spiro atoms. The smallest absolute Gasteiger partial charge is 0.424 e. The van der Waals surface area contributed by atoms with Gasteiger partial charge in [0.25, 0.3) is 0 Å². The van der Waals surface area contributed by atoms with Crippen LogP contribution in [0.2, 0.25) is 0 Å². The molecule has 0 aromatic heterocycles. The van der Waals surface area contributed by atoms with Crippen molar-refractivity contribution < 1.29 is 29.7 Å². The number of hydrogen-bond acceptors (Lipinski definition) is 4. The first-order valence-corrected chi connectivity index (χ1v) is 5.62. The Morgan fingerprint density at radius 1 is 0.684 bits per heavy atom. The van der Waals surface area contributed by atoms with Crippen LogP contribution in [0.15, 0.2) is 0 Å². The van der Waals surface area contributed by atoms with Crippen molar-refractivity contribution in [2.24, 2.45) is 0 Å². The number of hydrazine groups is 3. The lowest BCUT2D eigenvalue weighted by molar-refractivity contribution is -0.252. The average molecular weight is 278 g/mol. The first kappa shape index (κ1) is 16.8. The van der Waals surface area contributed by atoms with Crippen molar-refractivity contribution in [2.75, 3.05) is 19.6 Å². The van der Waals surface area contributed by atoms with Gasteiger partial charge in [0.05, 0.1) is 0 Å². The summed E-state index contributed by atoms with van der Waals surface area (Å²) in [5, 5.41) is 29.5. The maximum atomic E-state index is 11.1. The fourth-order valence-corrected chi connectivity index (χ4v) is 1.41. The molecule has 19 heavy (non-hydrogen) atoms. The maximum Gasteiger partial charge on any atom is 0.424 e. The Kier molecular flexibility index (Phi) is 6.41. The minimum atomic E-state index is -1.46. The first-order chi connectivity index (χ1) is 8.81. The number of nitrogens with zero attached hydrogens (tertiary/aromatic N) is 4. The maximum absolute atomic E-state index is 11.1. The zero-order valence-corrected chi connectivity index (χ0v) is 11.0. The van der Waals surface area contributed by atoms with E-state index < -0.39 is 18.3 Å². The van der Waals surface area contributed by atoms with Crippen LogP contribution in [0.5, 0.6) is 0 Å². The van der Waals surface area contributed by atoms with E-state index in [1.807, 2.05) is 0 Å². The van der Waals surface area contributed by atoms with Gasteiger partial charge < -0.3 is 15.3 Å². The van der Waals surface area contributed by atoms with Gasteiger partial charge in [-0.2, -0.15) is 0 Å². The molecular formula is C9H18N4O6. The van der Waals surface area contributed by atoms with Crippen molar-refractivity contribution in [1.29, 1.82) is 0 Å². The molecule has 0 atom stereocenters. The van der Waals surface area contributed by atoms with Gasteiger partial charge >= 0.3 is 18.3 Å². The fourth-order valence-electron chi connectivity index (χ4n) is 1.41. The topological polar surface area (TPSA) is 125 Å². The van der Waals surface area contributed by atoms with Gasteiger partial charge in [-0.1, -0.05) is 0 Å². The minimum absolute atomic E-state index is 0.108. The van der Waals surface area contributed by atoms with Crippen LogP contribution in [-0.2, 0) is 0 Å². The molecule has 10 nitrogen and oxygen atoms in total. The van der Waals surface area contributed by atoms with Crippen LogP contribution in [0.4, 0.5) is 14.4 Å². The zero-order valence-electron chi connectivity index (χ0n) is 11.0. The molecule has 0 bridgehead atoms. The summed E-state index contributed by atoms with van der Waals surface area (Å²) in [7, 11) is 0. The van der Waals surface area contributed by atoms with Crippen LogP contribution >= 0.6 is 0 Å². The molecule has 0 saturated carbocycles. The highest BCUT2D eigenvalue weighted by molar-refractivity contribution is 5.69. The molecular weight excluding hydrogens is 260 g/mol. The van der Waals surface area contributed by atoms with Gasteiger partial charge in [-0.05, 0) is 26.0 Å². The molecule has 10 heteroatoms. The summed E-state index contributed by atoms with van der Waals surface area (Å²) in [6.45, 7) is 4.07. The Labute approximate surface area is 109 Å². The molecule has 0 heterocycles. The van der Waals surface area contributed by atoms with E-state index in [0.717, 1.165) is 0 Å². The van der Waals surface area contributed by atoms with E-state index in [2.05, 4.69) is 0 Å². The van der Waals surface area contributed by atoms with E-state index in [-0.39, 0.29) is 19.6 Å². The SMILES string of the molecule is CCN(C(=O)O)N(N(CC)C(=O)O)N(CC)C(=O)O. The monoisotopic (exact) mass is 278 g/mol. The third-order valence-corrected chi connectivity index (χ3v) is 2.21. The summed E-state index contributed by atoms with van der Waals surface area (Å²) in [6.07, 6.45) is -4.37. The Morgan fingerprint density at radius 2 is 0.895 bits per heavy atom. The van der Waals surface area contributed by atoms with E-state index in [4.69, 9.17) is 15.3 Å². The van der Waals surface area contributed by atoms with Crippen LogP contribution in [0.25, 0.3) is 0 Å². The second-order valence-corrected chi connectivity index (χ2v) is 3.26. The van der Waals surface area contributed by atoms with Crippen molar-refractivity contribution in [3.63, 3.8) is 0 Å². The summed E-state index contributed by atoms with van der Waals surface area (Å²) >= 11 is 0. The minimum Gasteiger partial charge on any atom is -0.464 e. The van der Waals surface area contributed by atoms with Gasteiger partial charge in [0.15, 0.2) is 0 Å². The lowest BCUT2D eigenvalue weighted by atomic mass is 10.6. The van der Waals surface area contributed by atoms with Gasteiger partial charge in [-0.15, -0.1) is 0 Å². The van der Waals surface area contributed by atoms with Crippen LogP contribution in [-0.4, -0.2) is 73.5 Å². The third-order valence-electron chi connectivity index (χ3n) is 2.21. The van der Waals surface area contributed by atoms with E-state index in [1.54, 1.807) is 0 Å². The van der Waals surface area contributed by atoms with Gasteiger partial charge in [-0.3, -0.25) is 0 Å².